The molecule has 0 fully saturated rings. The zero-order chi connectivity index (χ0) is 15.9. The minimum absolute atomic E-state index is 0.0800. The lowest BCUT2D eigenvalue weighted by Gasteiger charge is -2.06. The smallest absolute Gasteiger partial charge is 0.295 e. The van der Waals surface area contributed by atoms with Crippen molar-refractivity contribution >= 4 is 33.3 Å². The fraction of sp³-hybridized carbons (Fsp3) is 0.0769. The summed E-state index contributed by atoms with van der Waals surface area (Å²) in [4.78, 5) is 20.1. The third kappa shape index (κ3) is 2.54. The lowest BCUT2D eigenvalue weighted by Crippen LogP contribution is -2.15. The van der Waals surface area contributed by atoms with E-state index < -0.39 is 17.5 Å². The Morgan fingerprint density at radius 1 is 1.36 bits per heavy atom. The van der Waals surface area contributed by atoms with Gasteiger partial charge < -0.3 is 5.32 Å². The molecule has 2 aromatic heterocycles. The van der Waals surface area contributed by atoms with Crippen LogP contribution in [0.1, 0.15) is 16.3 Å². The van der Waals surface area contributed by atoms with Gasteiger partial charge in [0.05, 0.1) is 5.69 Å². The van der Waals surface area contributed by atoms with Gasteiger partial charge in [-0.3, -0.25) is 4.79 Å². The van der Waals surface area contributed by atoms with Crippen molar-refractivity contribution in [2.24, 2.45) is 0 Å². The molecule has 0 aliphatic rings. The van der Waals surface area contributed by atoms with Crippen molar-refractivity contribution in [3.8, 4) is 0 Å². The van der Waals surface area contributed by atoms with Crippen molar-refractivity contribution in [3.05, 3.63) is 52.0 Å². The molecule has 1 N–H and O–H groups in total. The maximum Gasteiger partial charge on any atom is 0.295 e. The number of hydrogen-bond donors (Lipinski definition) is 1. The van der Waals surface area contributed by atoms with Crippen molar-refractivity contribution in [1.29, 1.82) is 0 Å². The molecule has 2 heterocycles. The van der Waals surface area contributed by atoms with Gasteiger partial charge >= 0.3 is 0 Å². The van der Waals surface area contributed by atoms with Gasteiger partial charge in [0.2, 0.25) is 5.82 Å². The van der Waals surface area contributed by atoms with E-state index in [4.69, 9.17) is 0 Å². The van der Waals surface area contributed by atoms with Gasteiger partial charge in [-0.2, -0.15) is 4.98 Å². The Kier molecular flexibility index (Phi) is 3.57. The minimum atomic E-state index is -0.904. The molecule has 0 bridgehead atoms. The second-order valence-corrected chi connectivity index (χ2v) is 5.29. The first-order chi connectivity index (χ1) is 10.5. The number of carbonyl (C=O) groups is 1. The molecule has 1 aromatic carbocycles. The molecule has 0 saturated carbocycles. The van der Waals surface area contributed by atoms with Gasteiger partial charge in [0, 0.05) is 22.4 Å². The van der Waals surface area contributed by atoms with Gasteiger partial charge in [-0.15, -0.1) is 5.10 Å². The van der Waals surface area contributed by atoms with Crippen LogP contribution in [0.2, 0.25) is 0 Å². The van der Waals surface area contributed by atoms with Crippen molar-refractivity contribution in [1.82, 2.24) is 19.6 Å². The summed E-state index contributed by atoms with van der Waals surface area (Å²) in [6.45, 7) is 1.78. The van der Waals surface area contributed by atoms with E-state index in [0.717, 1.165) is 11.8 Å². The Morgan fingerprint density at radius 3 is 2.82 bits per heavy atom. The maximum atomic E-state index is 13.7. The molecular weight excluding hydrogens is 360 g/mol. The fourth-order valence-corrected chi connectivity index (χ4v) is 2.34. The number of benzene rings is 1. The molecule has 0 atom stereocenters. The van der Waals surface area contributed by atoms with Crippen LogP contribution in [0.4, 0.5) is 14.5 Å². The van der Waals surface area contributed by atoms with E-state index >= 15 is 0 Å². The quantitative estimate of drug-likeness (QED) is 0.755. The van der Waals surface area contributed by atoms with Gasteiger partial charge in [0.25, 0.3) is 11.7 Å². The molecule has 6 nitrogen and oxygen atoms in total. The molecular formula is C13H8BrF2N5O. The lowest BCUT2D eigenvalue weighted by molar-refractivity contribution is 0.101. The first kappa shape index (κ1) is 14.5. The standard InChI is InChI=1S/C13H8BrF2N5O/c1-6-2-3-17-13-19-11(20-21(6)13)12(22)18-10-8(14)4-7(15)5-9(10)16/h2-5H,1H3,(H,18,22). The van der Waals surface area contributed by atoms with E-state index in [2.05, 4.69) is 36.3 Å². The highest BCUT2D eigenvalue weighted by Gasteiger charge is 2.18. The number of anilines is 1. The highest BCUT2D eigenvalue weighted by Crippen LogP contribution is 2.27. The van der Waals surface area contributed by atoms with Gasteiger partial charge in [0.1, 0.15) is 5.82 Å². The second-order valence-electron chi connectivity index (χ2n) is 4.43. The third-order valence-electron chi connectivity index (χ3n) is 2.88. The summed E-state index contributed by atoms with van der Waals surface area (Å²) >= 11 is 2.99. The normalized spacial score (nSPS) is 10.9. The summed E-state index contributed by atoms with van der Waals surface area (Å²) < 4.78 is 28.2. The molecule has 0 spiro atoms. The topological polar surface area (TPSA) is 72.2 Å². The van der Waals surface area contributed by atoms with Gasteiger partial charge in [-0.1, -0.05) is 0 Å². The number of aromatic nitrogens is 4. The van der Waals surface area contributed by atoms with E-state index in [1.165, 1.54) is 10.7 Å². The van der Waals surface area contributed by atoms with Crippen LogP contribution in [0.5, 0.6) is 0 Å². The van der Waals surface area contributed by atoms with E-state index in [0.29, 0.717) is 6.07 Å². The van der Waals surface area contributed by atoms with E-state index in [-0.39, 0.29) is 21.8 Å². The highest BCUT2D eigenvalue weighted by molar-refractivity contribution is 9.10. The third-order valence-corrected chi connectivity index (χ3v) is 3.50. The summed E-state index contributed by atoms with van der Waals surface area (Å²) in [5, 5.41) is 6.31. The molecule has 112 valence electrons. The van der Waals surface area contributed by atoms with Crippen molar-refractivity contribution < 1.29 is 13.6 Å². The molecule has 0 aliphatic heterocycles. The number of nitrogens with one attached hydrogen (secondary N) is 1. The predicted octanol–water partition coefficient (Wildman–Crippen LogP) is 2.73. The Hall–Kier alpha value is -2.42. The van der Waals surface area contributed by atoms with Crippen LogP contribution >= 0.6 is 15.9 Å². The minimum Gasteiger partial charge on any atom is -0.316 e. The molecule has 3 rings (SSSR count). The maximum absolute atomic E-state index is 13.7. The van der Waals surface area contributed by atoms with Crippen LogP contribution in [0, 0.1) is 18.6 Å². The number of halogens is 3. The Balaban J connectivity index is 1.95. The average molecular weight is 368 g/mol. The molecule has 0 saturated heterocycles. The Bertz CT molecular complexity index is 872. The number of fused-ring (bicyclic) bond motifs is 1. The largest absolute Gasteiger partial charge is 0.316 e. The van der Waals surface area contributed by atoms with Crippen LogP contribution in [0.15, 0.2) is 28.9 Å². The van der Waals surface area contributed by atoms with Crippen LogP contribution in [-0.4, -0.2) is 25.5 Å². The molecule has 0 unspecified atom stereocenters. The SMILES string of the molecule is Cc1ccnc2nc(C(=O)Nc3c(F)cc(F)cc3Br)nn12. The fourth-order valence-electron chi connectivity index (χ4n) is 1.83. The van der Waals surface area contributed by atoms with E-state index in [9.17, 15) is 13.6 Å². The summed E-state index contributed by atoms with van der Waals surface area (Å²) in [6.07, 6.45) is 1.54. The van der Waals surface area contributed by atoms with Crippen molar-refractivity contribution in [2.45, 2.75) is 6.92 Å². The van der Waals surface area contributed by atoms with Crippen LogP contribution in [0.25, 0.3) is 5.78 Å². The number of amides is 1. The molecule has 22 heavy (non-hydrogen) atoms. The summed E-state index contributed by atoms with van der Waals surface area (Å²) in [5.41, 5.74) is 0.556. The monoisotopic (exact) mass is 367 g/mol. The molecule has 0 aliphatic carbocycles. The van der Waals surface area contributed by atoms with E-state index in [1.807, 2.05) is 0 Å². The van der Waals surface area contributed by atoms with Gasteiger partial charge in [0.15, 0.2) is 5.82 Å². The van der Waals surface area contributed by atoms with E-state index in [1.54, 1.807) is 13.0 Å². The van der Waals surface area contributed by atoms with Crippen molar-refractivity contribution in [3.63, 3.8) is 0 Å². The zero-order valence-corrected chi connectivity index (χ0v) is 12.7. The molecule has 1 amide bonds. The first-order valence-electron chi connectivity index (χ1n) is 6.10. The lowest BCUT2D eigenvalue weighted by atomic mass is 10.3. The summed E-state index contributed by atoms with van der Waals surface area (Å²) in [7, 11) is 0. The number of carbonyl (C=O) groups excluding carboxylic acids is 1. The zero-order valence-electron chi connectivity index (χ0n) is 11.1. The highest BCUT2D eigenvalue weighted by atomic mass is 79.9. The van der Waals surface area contributed by atoms with Gasteiger partial charge in [-0.25, -0.2) is 18.3 Å². The summed E-state index contributed by atoms with van der Waals surface area (Å²) in [6, 6.07) is 3.42. The molecule has 0 radical (unpaired) electrons. The predicted molar refractivity (Wildman–Crippen MR) is 77.5 cm³/mol. The molecule has 3 aromatic rings. The van der Waals surface area contributed by atoms with Crippen molar-refractivity contribution in [2.75, 3.05) is 5.32 Å². The first-order valence-corrected chi connectivity index (χ1v) is 6.89. The Labute approximate surface area is 131 Å². The molecule has 9 heteroatoms. The number of nitrogens with zero attached hydrogens (tertiary/aromatic N) is 4. The number of hydrogen-bond acceptors (Lipinski definition) is 4. The van der Waals surface area contributed by atoms with Crippen LogP contribution in [0.3, 0.4) is 0 Å². The van der Waals surface area contributed by atoms with Crippen LogP contribution < -0.4 is 5.32 Å². The van der Waals surface area contributed by atoms with Crippen LogP contribution in [-0.2, 0) is 0 Å². The average Bonchev–Trinajstić information content (AvgIpc) is 2.88. The number of aryl methyl sites for hydroxylation is 1. The van der Waals surface area contributed by atoms with Gasteiger partial charge in [-0.05, 0) is 35.0 Å². The number of rotatable bonds is 2. The Morgan fingerprint density at radius 2 is 2.14 bits per heavy atom. The summed E-state index contributed by atoms with van der Waals surface area (Å²) in [5.74, 6) is -2.30. The second kappa shape index (κ2) is 5.41.